The molecule has 4 heteroatoms. The van der Waals surface area contributed by atoms with Crippen LogP contribution in [-0.4, -0.2) is 23.5 Å². The van der Waals surface area contributed by atoms with E-state index in [0.717, 1.165) is 18.0 Å². The van der Waals surface area contributed by atoms with Crippen molar-refractivity contribution in [3.8, 4) is 0 Å². The van der Waals surface area contributed by atoms with Gasteiger partial charge in [0, 0.05) is 14.2 Å². The number of halogens is 1. The quantitative estimate of drug-likeness (QED) is 0.698. The van der Waals surface area contributed by atoms with Crippen LogP contribution in [0.5, 0.6) is 0 Å². The van der Waals surface area contributed by atoms with E-state index in [1.54, 1.807) is 26.4 Å². The molecule has 0 fully saturated rings. The van der Waals surface area contributed by atoms with E-state index in [1.807, 2.05) is 6.07 Å². The molecule has 0 unspecified atom stereocenters. The van der Waals surface area contributed by atoms with Gasteiger partial charge in [-0.1, -0.05) is 12.1 Å². The zero-order valence-electron chi connectivity index (χ0n) is 8.42. The zero-order valence-corrected chi connectivity index (χ0v) is 9.42. The summed E-state index contributed by atoms with van der Waals surface area (Å²) in [6.45, 7) is 0. The lowest BCUT2D eigenvalue weighted by atomic mass is 10.2. The lowest BCUT2D eigenvalue weighted by Gasteiger charge is -2.08. The van der Waals surface area contributed by atoms with Gasteiger partial charge < -0.3 is 8.85 Å². The maximum Gasteiger partial charge on any atom is 0.384 e. The number of aryl methyl sites for hydroxylation is 1. The molecular weight excluding hydrogens is 199 g/mol. The summed E-state index contributed by atoms with van der Waals surface area (Å²) in [5.41, 5.74) is 0.988. The Morgan fingerprint density at radius 3 is 2.57 bits per heavy atom. The van der Waals surface area contributed by atoms with Gasteiger partial charge >= 0.3 is 9.28 Å². The molecule has 2 nitrogen and oxygen atoms in total. The van der Waals surface area contributed by atoms with Crippen LogP contribution in [0.3, 0.4) is 0 Å². The van der Waals surface area contributed by atoms with E-state index < -0.39 is 9.28 Å². The van der Waals surface area contributed by atoms with Gasteiger partial charge in [0.15, 0.2) is 0 Å². The maximum atomic E-state index is 12.8. The maximum absolute atomic E-state index is 12.8. The molecule has 77 valence electrons. The molecule has 1 aromatic rings. The van der Waals surface area contributed by atoms with Gasteiger partial charge in [-0.05, 0) is 30.2 Å². The molecule has 0 saturated carbocycles. The molecule has 1 aromatic carbocycles. The highest BCUT2D eigenvalue weighted by Gasteiger charge is 2.11. The van der Waals surface area contributed by atoms with Crippen LogP contribution in [0, 0.1) is 5.82 Å². The van der Waals surface area contributed by atoms with Crippen molar-refractivity contribution in [1.82, 2.24) is 0 Å². The second-order valence-corrected chi connectivity index (χ2v) is 4.97. The SMILES string of the molecule is CO[Si](CCc1cccc(F)c1)OC. The van der Waals surface area contributed by atoms with E-state index in [-0.39, 0.29) is 5.82 Å². The Balaban J connectivity index is 2.44. The largest absolute Gasteiger partial charge is 0.397 e. The number of rotatable bonds is 5. The predicted octanol–water partition coefficient (Wildman–Crippen LogP) is 2.15. The van der Waals surface area contributed by atoms with Gasteiger partial charge in [0.1, 0.15) is 5.82 Å². The van der Waals surface area contributed by atoms with Crippen molar-refractivity contribution >= 4 is 9.28 Å². The molecule has 0 aliphatic heterocycles. The molecule has 0 aliphatic carbocycles. The topological polar surface area (TPSA) is 18.5 Å². The summed E-state index contributed by atoms with van der Waals surface area (Å²) in [4.78, 5) is 0. The fourth-order valence-electron chi connectivity index (χ4n) is 1.23. The molecule has 0 bridgehead atoms. The van der Waals surface area contributed by atoms with Crippen LogP contribution in [0.4, 0.5) is 4.39 Å². The van der Waals surface area contributed by atoms with Crippen LogP contribution in [0.25, 0.3) is 0 Å². The Bertz CT molecular complexity index is 277. The van der Waals surface area contributed by atoms with E-state index in [0.29, 0.717) is 0 Å². The summed E-state index contributed by atoms with van der Waals surface area (Å²) in [6, 6.07) is 7.46. The van der Waals surface area contributed by atoms with Gasteiger partial charge in [0.25, 0.3) is 0 Å². The van der Waals surface area contributed by atoms with Crippen molar-refractivity contribution < 1.29 is 13.2 Å². The summed E-state index contributed by atoms with van der Waals surface area (Å²) in [6.07, 6.45) is 0.799. The van der Waals surface area contributed by atoms with Crippen LogP contribution in [0.2, 0.25) is 6.04 Å². The van der Waals surface area contributed by atoms with Gasteiger partial charge in [-0.25, -0.2) is 4.39 Å². The Morgan fingerprint density at radius 2 is 2.00 bits per heavy atom. The van der Waals surface area contributed by atoms with E-state index in [4.69, 9.17) is 8.85 Å². The first-order valence-electron chi connectivity index (χ1n) is 4.44. The summed E-state index contributed by atoms with van der Waals surface area (Å²) < 4.78 is 23.1. The van der Waals surface area contributed by atoms with E-state index in [1.165, 1.54) is 6.07 Å². The lowest BCUT2D eigenvalue weighted by molar-refractivity contribution is 0.277. The van der Waals surface area contributed by atoms with Crippen molar-refractivity contribution in [2.75, 3.05) is 14.2 Å². The second-order valence-electron chi connectivity index (χ2n) is 2.91. The van der Waals surface area contributed by atoms with Crippen LogP contribution in [0.1, 0.15) is 5.56 Å². The van der Waals surface area contributed by atoms with Crippen LogP contribution in [-0.2, 0) is 15.3 Å². The average Bonchev–Trinajstić information content (AvgIpc) is 2.19. The molecule has 0 amide bonds. The third-order valence-electron chi connectivity index (χ3n) is 1.96. The minimum Gasteiger partial charge on any atom is -0.397 e. The van der Waals surface area contributed by atoms with Gasteiger partial charge in [-0.2, -0.15) is 0 Å². The summed E-state index contributed by atoms with van der Waals surface area (Å²) in [7, 11) is 2.13. The fraction of sp³-hybridized carbons (Fsp3) is 0.400. The first kappa shape index (κ1) is 11.4. The monoisotopic (exact) mass is 213 g/mol. The Morgan fingerprint density at radius 1 is 1.29 bits per heavy atom. The first-order valence-corrected chi connectivity index (χ1v) is 5.97. The predicted molar refractivity (Wildman–Crippen MR) is 54.7 cm³/mol. The smallest absolute Gasteiger partial charge is 0.384 e. The third-order valence-corrected chi connectivity index (χ3v) is 3.53. The van der Waals surface area contributed by atoms with Crippen molar-refractivity contribution in [2.45, 2.75) is 12.5 Å². The molecule has 0 aliphatic rings. The van der Waals surface area contributed by atoms with Crippen molar-refractivity contribution in [3.05, 3.63) is 35.6 Å². The summed E-state index contributed by atoms with van der Waals surface area (Å²) in [5, 5.41) is 0. The highest BCUT2D eigenvalue weighted by Crippen LogP contribution is 2.08. The molecule has 0 heterocycles. The molecule has 1 radical (unpaired) electrons. The van der Waals surface area contributed by atoms with Gasteiger partial charge in [0.05, 0.1) is 0 Å². The Kier molecular flexibility index (Phi) is 4.79. The summed E-state index contributed by atoms with van der Waals surface area (Å²) >= 11 is 0. The first-order chi connectivity index (χ1) is 6.76. The Labute approximate surface area is 85.5 Å². The Hall–Kier alpha value is -0.713. The average molecular weight is 213 g/mol. The minimum atomic E-state index is -1.16. The van der Waals surface area contributed by atoms with Crippen molar-refractivity contribution in [3.63, 3.8) is 0 Å². The van der Waals surface area contributed by atoms with Crippen LogP contribution >= 0.6 is 0 Å². The molecule has 0 saturated heterocycles. The van der Waals surface area contributed by atoms with Crippen molar-refractivity contribution in [1.29, 1.82) is 0 Å². The molecule has 14 heavy (non-hydrogen) atoms. The van der Waals surface area contributed by atoms with E-state index in [9.17, 15) is 4.39 Å². The normalized spacial score (nSPS) is 10.9. The van der Waals surface area contributed by atoms with Gasteiger partial charge in [-0.15, -0.1) is 0 Å². The summed E-state index contributed by atoms with van der Waals surface area (Å²) in [5.74, 6) is -0.189. The number of benzene rings is 1. The number of hydrogen-bond acceptors (Lipinski definition) is 2. The third kappa shape index (κ3) is 3.57. The molecule has 0 spiro atoms. The standard InChI is InChI=1S/C10H14FO2Si/c1-12-14(13-2)7-6-9-4-3-5-10(11)8-9/h3-5,8H,6-7H2,1-2H3. The molecule has 0 aromatic heterocycles. The van der Waals surface area contributed by atoms with Crippen LogP contribution < -0.4 is 0 Å². The van der Waals surface area contributed by atoms with Crippen LogP contribution in [0.15, 0.2) is 24.3 Å². The highest BCUT2D eigenvalue weighted by molar-refractivity contribution is 6.44. The minimum absolute atomic E-state index is 0.189. The van der Waals surface area contributed by atoms with E-state index in [2.05, 4.69) is 0 Å². The fourth-order valence-corrected chi connectivity index (χ4v) is 2.29. The zero-order chi connectivity index (χ0) is 10.4. The molecule has 0 N–H and O–H groups in total. The molecule has 1 rings (SSSR count). The second kappa shape index (κ2) is 5.90. The lowest BCUT2D eigenvalue weighted by Crippen LogP contribution is -2.19. The molecule has 0 atom stereocenters. The highest BCUT2D eigenvalue weighted by atomic mass is 28.3. The molecular formula is C10H14FO2Si. The van der Waals surface area contributed by atoms with Gasteiger partial charge in [-0.3, -0.25) is 0 Å². The van der Waals surface area contributed by atoms with E-state index >= 15 is 0 Å². The number of hydrogen-bond donors (Lipinski definition) is 0. The van der Waals surface area contributed by atoms with Gasteiger partial charge in [0.2, 0.25) is 0 Å². The van der Waals surface area contributed by atoms with Crippen molar-refractivity contribution in [2.24, 2.45) is 0 Å².